The summed E-state index contributed by atoms with van der Waals surface area (Å²) in [4.78, 5) is 4.01. The summed E-state index contributed by atoms with van der Waals surface area (Å²) >= 11 is 7.12. The summed E-state index contributed by atoms with van der Waals surface area (Å²) in [6.07, 6.45) is 5.31. The zero-order valence-corrected chi connectivity index (χ0v) is 8.90. The van der Waals surface area contributed by atoms with Crippen molar-refractivity contribution in [1.29, 1.82) is 0 Å². The molecule has 2 nitrogen and oxygen atoms in total. The maximum atomic E-state index is 5.66. The highest BCUT2D eigenvalue weighted by Gasteiger charge is 2.17. The maximum Gasteiger partial charge on any atom is 0.274 e. The smallest absolute Gasteiger partial charge is 0.274 e. The van der Waals surface area contributed by atoms with E-state index in [4.69, 9.17) is 16.3 Å². The molecule has 1 aromatic heterocycles. The minimum Gasteiger partial charge on any atom is -0.470 e. The summed E-state index contributed by atoms with van der Waals surface area (Å²) in [6.45, 7) is 0.786. The molecule has 1 saturated carbocycles. The largest absolute Gasteiger partial charge is 0.470 e. The van der Waals surface area contributed by atoms with Crippen molar-refractivity contribution in [2.24, 2.45) is 5.92 Å². The Morgan fingerprint density at radius 1 is 1.62 bits per heavy atom. The normalized spacial score (nSPS) is 17.0. The van der Waals surface area contributed by atoms with Gasteiger partial charge in [-0.1, -0.05) is 42.2 Å². The van der Waals surface area contributed by atoms with E-state index < -0.39 is 0 Å². The lowest BCUT2D eigenvalue weighted by Crippen LogP contribution is -2.14. The van der Waals surface area contributed by atoms with Crippen molar-refractivity contribution in [3.63, 3.8) is 0 Å². The van der Waals surface area contributed by atoms with Crippen LogP contribution in [0.2, 0.25) is 5.15 Å². The standard InChI is InChI=1S/C9H12ClNOS/c10-8-6-13-9(11-8)12-5-4-7-2-1-3-7/h6-7H,1-5H2. The second kappa shape index (κ2) is 4.29. The van der Waals surface area contributed by atoms with Crippen LogP contribution >= 0.6 is 22.9 Å². The minimum atomic E-state index is 0.531. The number of nitrogens with zero attached hydrogens (tertiary/aromatic N) is 1. The number of rotatable bonds is 4. The fraction of sp³-hybridized carbons (Fsp3) is 0.667. The van der Waals surface area contributed by atoms with E-state index in [1.807, 2.05) is 0 Å². The van der Waals surface area contributed by atoms with Gasteiger partial charge in [0.2, 0.25) is 0 Å². The van der Waals surface area contributed by atoms with Crippen LogP contribution in [-0.4, -0.2) is 11.6 Å². The lowest BCUT2D eigenvalue weighted by atomic mass is 9.83. The van der Waals surface area contributed by atoms with E-state index in [-0.39, 0.29) is 0 Å². The minimum absolute atomic E-state index is 0.531. The van der Waals surface area contributed by atoms with Crippen LogP contribution in [0.4, 0.5) is 0 Å². The highest BCUT2D eigenvalue weighted by atomic mass is 35.5. The van der Waals surface area contributed by atoms with Crippen molar-refractivity contribution in [3.8, 4) is 5.19 Å². The topological polar surface area (TPSA) is 22.1 Å². The molecule has 1 aromatic rings. The predicted molar refractivity (Wildman–Crippen MR) is 54.6 cm³/mol. The SMILES string of the molecule is Clc1csc(OCCC2CCC2)n1. The van der Waals surface area contributed by atoms with Gasteiger partial charge in [-0.2, -0.15) is 4.98 Å². The number of ether oxygens (including phenoxy) is 1. The van der Waals surface area contributed by atoms with Crippen LogP contribution in [0.5, 0.6) is 5.19 Å². The molecule has 4 heteroatoms. The van der Waals surface area contributed by atoms with Crippen molar-refractivity contribution in [1.82, 2.24) is 4.98 Å². The molecular weight excluding hydrogens is 206 g/mol. The van der Waals surface area contributed by atoms with Gasteiger partial charge in [-0.15, -0.1) is 0 Å². The molecule has 0 N–H and O–H groups in total. The number of hydrogen-bond acceptors (Lipinski definition) is 3. The van der Waals surface area contributed by atoms with Crippen LogP contribution in [0.25, 0.3) is 0 Å². The van der Waals surface area contributed by atoms with Crippen LogP contribution < -0.4 is 4.74 Å². The molecule has 0 radical (unpaired) electrons. The zero-order chi connectivity index (χ0) is 9.10. The van der Waals surface area contributed by atoms with Crippen molar-refractivity contribution < 1.29 is 4.74 Å². The van der Waals surface area contributed by atoms with Crippen LogP contribution in [0.1, 0.15) is 25.7 Å². The van der Waals surface area contributed by atoms with Gasteiger partial charge in [0.25, 0.3) is 5.19 Å². The van der Waals surface area contributed by atoms with E-state index in [0.717, 1.165) is 18.9 Å². The lowest BCUT2D eigenvalue weighted by Gasteiger charge is -2.24. The monoisotopic (exact) mass is 217 g/mol. The Balaban J connectivity index is 1.67. The Bertz CT molecular complexity index is 272. The molecule has 13 heavy (non-hydrogen) atoms. The third-order valence-corrected chi connectivity index (χ3v) is 3.51. The summed E-state index contributed by atoms with van der Waals surface area (Å²) < 4.78 is 5.46. The van der Waals surface area contributed by atoms with Crippen molar-refractivity contribution >= 4 is 22.9 Å². The van der Waals surface area contributed by atoms with Crippen molar-refractivity contribution in [2.45, 2.75) is 25.7 Å². The maximum absolute atomic E-state index is 5.66. The van der Waals surface area contributed by atoms with E-state index in [2.05, 4.69) is 4.98 Å². The van der Waals surface area contributed by atoms with Gasteiger partial charge in [-0.25, -0.2) is 0 Å². The molecule has 0 bridgehead atoms. The molecule has 1 aliphatic rings. The predicted octanol–water partition coefficient (Wildman–Crippen LogP) is 3.37. The third-order valence-electron chi connectivity index (χ3n) is 2.43. The highest BCUT2D eigenvalue weighted by Crippen LogP contribution is 2.29. The average Bonchev–Trinajstić information content (AvgIpc) is 2.42. The van der Waals surface area contributed by atoms with Crippen LogP contribution in [0.15, 0.2) is 5.38 Å². The first-order valence-corrected chi connectivity index (χ1v) is 5.84. The molecule has 1 fully saturated rings. The van der Waals surface area contributed by atoms with Gasteiger partial charge >= 0.3 is 0 Å². The molecule has 0 spiro atoms. The van der Waals surface area contributed by atoms with Gasteiger partial charge in [0.15, 0.2) is 0 Å². The lowest BCUT2D eigenvalue weighted by molar-refractivity contribution is 0.221. The molecule has 0 aromatic carbocycles. The number of aromatic nitrogens is 1. The molecule has 1 heterocycles. The van der Waals surface area contributed by atoms with E-state index in [1.165, 1.54) is 30.6 Å². The Hall–Kier alpha value is -0.280. The van der Waals surface area contributed by atoms with Crippen LogP contribution in [-0.2, 0) is 0 Å². The first kappa shape index (κ1) is 9.28. The van der Waals surface area contributed by atoms with Gasteiger partial charge in [0.05, 0.1) is 6.61 Å². The Morgan fingerprint density at radius 3 is 3.00 bits per heavy atom. The van der Waals surface area contributed by atoms with Gasteiger partial charge in [-0.3, -0.25) is 0 Å². The van der Waals surface area contributed by atoms with Gasteiger partial charge in [0.1, 0.15) is 5.15 Å². The van der Waals surface area contributed by atoms with Crippen molar-refractivity contribution in [2.75, 3.05) is 6.61 Å². The molecule has 1 aliphatic carbocycles. The second-order valence-corrected chi connectivity index (χ2v) is 4.58. The van der Waals surface area contributed by atoms with Crippen molar-refractivity contribution in [3.05, 3.63) is 10.5 Å². The molecule has 0 saturated heterocycles. The first-order valence-electron chi connectivity index (χ1n) is 4.58. The first-order chi connectivity index (χ1) is 6.34. The Kier molecular flexibility index (Phi) is 3.06. The number of halogens is 1. The van der Waals surface area contributed by atoms with Gasteiger partial charge in [0, 0.05) is 5.38 Å². The molecular formula is C9H12ClNOS. The molecule has 0 unspecified atom stereocenters. The van der Waals surface area contributed by atoms with E-state index in [9.17, 15) is 0 Å². The van der Waals surface area contributed by atoms with E-state index in [1.54, 1.807) is 5.38 Å². The number of hydrogen-bond donors (Lipinski definition) is 0. The summed E-state index contributed by atoms with van der Waals surface area (Å²) in [5.74, 6) is 0.899. The summed E-state index contributed by atoms with van der Waals surface area (Å²) in [5.41, 5.74) is 0. The second-order valence-electron chi connectivity index (χ2n) is 3.37. The fourth-order valence-electron chi connectivity index (χ4n) is 1.40. The van der Waals surface area contributed by atoms with Gasteiger partial charge < -0.3 is 4.74 Å². The number of thiazole rings is 1. The van der Waals surface area contributed by atoms with E-state index in [0.29, 0.717) is 10.3 Å². The van der Waals surface area contributed by atoms with Crippen LogP contribution in [0.3, 0.4) is 0 Å². The molecule has 0 amide bonds. The quantitative estimate of drug-likeness (QED) is 0.772. The van der Waals surface area contributed by atoms with E-state index >= 15 is 0 Å². The van der Waals surface area contributed by atoms with Gasteiger partial charge in [-0.05, 0) is 12.3 Å². The molecule has 0 aliphatic heterocycles. The molecule has 2 rings (SSSR count). The summed E-state index contributed by atoms with van der Waals surface area (Å²) in [7, 11) is 0. The van der Waals surface area contributed by atoms with Crippen LogP contribution in [0, 0.1) is 5.92 Å². The molecule has 0 atom stereocenters. The summed E-state index contributed by atoms with van der Waals surface area (Å²) in [6, 6.07) is 0. The Labute approximate surface area is 86.9 Å². The highest BCUT2D eigenvalue weighted by molar-refractivity contribution is 7.11. The fourth-order valence-corrected chi connectivity index (χ4v) is 2.21. The zero-order valence-electron chi connectivity index (χ0n) is 7.33. The summed E-state index contributed by atoms with van der Waals surface area (Å²) in [5, 5.41) is 3.02. The third kappa shape index (κ3) is 2.58. The average molecular weight is 218 g/mol. The Morgan fingerprint density at radius 2 is 2.46 bits per heavy atom. The molecule has 72 valence electrons.